The van der Waals surface area contributed by atoms with Crippen molar-refractivity contribution in [2.24, 2.45) is 4.99 Å². The van der Waals surface area contributed by atoms with E-state index in [4.69, 9.17) is 9.47 Å². The Morgan fingerprint density at radius 2 is 1.62 bits per heavy atom. The number of para-hydroxylation sites is 2. The molecule has 5 heteroatoms. The van der Waals surface area contributed by atoms with Crippen LogP contribution in [-0.2, 0) is 6.54 Å². The van der Waals surface area contributed by atoms with Crippen LogP contribution in [0.1, 0.15) is 30.9 Å². The van der Waals surface area contributed by atoms with E-state index in [9.17, 15) is 0 Å². The first-order chi connectivity index (χ1) is 12.7. The van der Waals surface area contributed by atoms with Gasteiger partial charge < -0.3 is 20.1 Å². The van der Waals surface area contributed by atoms with Crippen molar-refractivity contribution in [1.29, 1.82) is 0 Å². The summed E-state index contributed by atoms with van der Waals surface area (Å²) >= 11 is 0. The third-order valence-electron chi connectivity index (χ3n) is 4.19. The quantitative estimate of drug-likeness (QED) is 0.561. The molecule has 1 unspecified atom stereocenters. The number of hydrogen-bond donors (Lipinski definition) is 2. The lowest BCUT2D eigenvalue weighted by Gasteiger charge is -2.18. The van der Waals surface area contributed by atoms with Gasteiger partial charge in [-0.2, -0.15) is 0 Å². The van der Waals surface area contributed by atoms with Gasteiger partial charge in [-0.05, 0) is 24.6 Å². The number of benzene rings is 2. The van der Waals surface area contributed by atoms with Crippen LogP contribution in [0.25, 0.3) is 0 Å². The Morgan fingerprint density at radius 3 is 2.31 bits per heavy atom. The number of methoxy groups -OCH3 is 2. The Morgan fingerprint density at radius 1 is 0.962 bits per heavy atom. The molecule has 0 heterocycles. The second kappa shape index (κ2) is 10.3. The number of hydrogen-bond acceptors (Lipinski definition) is 3. The van der Waals surface area contributed by atoms with Gasteiger partial charge in [0.1, 0.15) is 11.5 Å². The molecular weight excluding hydrogens is 326 g/mol. The van der Waals surface area contributed by atoms with E-state index < -0.39 is 0 Å². The Kier molecular flexibility index (Phi) is 7.80. The van der Waals surface area contributed by atoms with E-state index in [0.717, 1.165) is 36.1 Å². The van der Waals surface area contributed by atoms with Crippen molar-refractivity contribution >= 4 is 5.96 Å². The fourth-order valence-corrected chi connectivity index (χ4v) is 2.77. The van der Waals surface area contributed by atoms with Gasteiger partial charge >= 0.3 is 0 Å². The molecule has 0 radical (unpaired) electrons. The summed E-state index contributed by atoms with van der Waals surface area (Å²) in [6, 6.07) is 16.1. The van der Waals surface area contributed by atoms with E-state index in [1.165, 1.54) is 5.56 Å². The first-order valence-corrected chi connectivity index (χ1v) is 8.96. The molecule has 0 fully saturated rings. The van der Waals surface area contributed by atoms with Gasteiger partial charge in [-0.1, -0.05) is 43.3 Å². The van der Waals surface area contributed by atoms with E-state index >= 15 is 0 Å². The SMILES string of the molecule is CCNC(=NCc1ccccc1OC)NCC(C)c1ccccc1OC. The molecule has 2 aromatic rings. The molecule has 2 rings (SSSR count). The summed E-state index contributed by atoms with van der Waals surface area (Å²) in [6.07, 6.45) is 0. The standard InChI is InChI=1S/C21H29N3O2/c1-5-22-21(24-15-17-10-6-8-12-19(17)25-3)23-14-16(2)18-11-7-9-13-20(18)26-4/h6-13,16H,5,14-15H2,1-4H3,(H2,22,23,24). The molecule has 0 saturated heterocycles. The van der Waals surface area contributed by atoms with E-state index in [1.54, 1.807) is 14.2 Å². The van der Waals surface area contributed by atoms with E-state index in [-0.39, 0.29) is 0 Å². The molecule has 0 aliphatic heterocycles. The molecule has 0 aromatic heterocycles. The van der Waals surface area contributed by atoms with Gasteiger partial charge in [0.15, 0.2) is 5.96 Å². The summed E-state index contributed by atoms with van der Waals surface area (Å²) in [5.41, 5.74) is 2.24. The molecule has 26 heavy (non-hydrogen) atoms. The second-order valence-electron chi connectivity index (χ2n) is 6.03. The highest BCUT2D eigenvalue weighted by Gasteiger charge is 2.11. The molecule has 0 saturated carbocycles. The summed E-state index contributed by atoms with van der Waals surface area (Å²) in [4.78, 5) is 4.68. The summed E-state index contributed by atoms with van der Waals surface area (Å²) in [5.74, 6) is 2.86. The van der Waals surface area contributed by atoms with Crippen LogP contribution in [0.3, 0.4) is 0 Å². The minimum Gasteiger partial charge on any atom is -0.496 e. The molecule has 5 nitrogen and oxygen atoms in total. The highest BCUT2D eigenvalue weighted by Crippen LogP contribution is 2.25. The Balaban J connectivity index is 2.03. The first kappa shape index (κ1) is 19.6. The van der Waals surface area contributed by atoms with Crippen LogP contribution in [0.15, 0.2) is 53.5 Å². The Bertz CT molecular complexity index is 716. The van der Waals surface area contributed by atoms with Crippen molar-refractivity contribution in [3.63, 3.8) is 0 Å². The average Bonchev–Trinajstić information content (AvgIpc) is 2.69. The van der Waals surface area contributed by atoms with Crippen LogP contribution in [-0.4, -0.2) is 33.3 Å². The van der Waals surface area contributed by atoms with Crippen LogP contribution in [0.5, 0.6) is 11.5 Å². The Labute approximate surface area is 156 Å². The monoisotopic (exact) mass is 355 g/mol. The van der Waals surface area contributed by atoms with Gasteiger partial charge in [0.25, 0.3) is 0 Å². The minimum atomic E-state index is 0.293. The maximum atomic E-state index is 5.46. The van der Waals surface area contributed by atoms with E-state index in [2.05, 4.69) is 35.5 Å². The van der Waals surface area contributed by atoms with Crippen molar-refractivity contribution < 1.29 is 9.47 Å². The van der Waals surface area contributed by atoms with Crippen molar-refractivity contribution in [3.8, 4) is 11.5 Å². The van der Waals surface area contributed by atoms with Gasteiger partial charge in [-0.15, -0.1) is 0 Å². The van der Waals surface area contributed by atoms with Crippen LogP contribution in [0.4, 0.5) is 0 Å². The predicted octanol–water partition coefficient (Wildman–Crippen LogP) is 3.56. The molecule has 0 bridgehead atoms. The fraction of sp³-hybridized carbons (Fsp3) is 0.381. The number of ether oxygens (including phenoxy) is 2. The highest BCUT2D eigenvalue weighted by molar-refractivity contribution is 5.79. The largest absolute Gasteiger partial charge is 0.496 e. The van der Waals surface area contributed by atoms with Gasteiger partial charge in [0, 0.05) is 24.6 Å². The molecule has 0 aliphatic rings. The number of guanidine groups is 1. The third kappa shape index (κ3) is 5.41. The normalized spacial score (nSPS) is 12.4. The summed E-state index contributed by atoms with van der Waals surface area (Å²) in [6.45, 7) is 6.36. The zero-order valence-electron chi connectivity index (χ0n) is 16.1. The number of aliphatic imine (C=N–C) groups is 1. The molecule has 2 aromatic carbocycles. The second-order valence-corrected chi connectivity index (χ2v) is 6.03. The van der Waals surface area contributed by atoms with Crippen molar-refractivity contribution in [2.45, 2.75) is 26.3 Å². The van der Waals surface area contributed by atoms with Crippen molar-refractivity contribution in [2.75, 3.05) is 27.3 Å². The van der Waals surface area contributed by atoms with E-state index in [1.807, 2.05) is 42.5 Å². The number of nitrogens with one attached hydrogen (secondary N) is 2. The predicted molar refractivity (Wildman–Crippen MR) is 107 cm³/mol. The molecule has 2 N–H and O–H groups in total. The Hall–Kier alpha value is -2.69. The van der Waals surface area contributed by atoms with Gasteiger partial charge in [0.05, 0.1) is 20.8 Å². The van der Waals surface area contributed by atoms with Gasteiger partial charge in [-0.3, -0.25) is 0 Å². The lowest BCUT2D eigenvalue weighted by Crippen LogP contribution is -2.39. The maximum Gasteiger partial charge on any atom is 0.191 e. The molecule has 0 amide bonds. The average molecular weight is 355 g/mol. The zero-order valence-corrected chi connectivity index (χ0v) is 16.1. The topological polar surface area (TPSA) is 54.9 Å². The number of rotatable bonds is 8. The highest BCUT2D eigenvalue weighted by atomic mass is 16.5. The van der Waals surface area contributed by atoms with Gasteiger partial charge in [-0.25, -0.2) is 4.99 Å². The smallest absolute Gasteiger partial charge is 0.191 e. The van der Waals surface area contributed by atoms with Crippen LogP contribution >= 0.6 is 0 Å². The van der Waals surface area contributed by atoms with Crippen LogP contribution in [0, 0.1) is 0 Å². The van der Waals surface area contributed by atoms with Crippen molar-refractivity contribution in [1.82, 2.24) is 10.6 Å². The van der Waals surface area contributed by atoms with Crippen molar-refractivity contribution in [3.05, 3.63) is 59.7 Å². The lowest BCUT2D eigenvalue weighted by molar-refractivity contribution is 0.406. The van der Waals surface area contributed by atoms with E-state index in [0.29, 0.717) is 12.5 Å². The maximum absolute atomic E-state index is 5.46. The summed E-state index contributed by atoms with van der Waals surface area (Å²) in [7, 11) is 3.39. The molecule has 1 atom stereocenters. The van der Waals surface area contributed by atoms with Crippen LogP contribution < -0.4 is 20.1 Å². The van der Waals surface area contributed by atoms with Gasteiger partial charge in [0.2, 0.25) is 0 Å². The first-order valence-electron chi connectivity index (χ1n) is 8.96. The minimum absolute atomic E-state index is 0.293. The summed E-state index contributed by atoms with van der Waals surface area (Å²) < 4.78 is 10.9. The third-order valence-corrected chi connectivity index (χ3v) is 4.19. The molecule has 0 spiro atoms. The molecule has 0 aliphatic carbocycles. The molecular formula is C21H29N3O2. The fourth-order valence-electron chi connectivity index (χ4n) is 2.77. The molecule has 140 valence electrons. The number of nitrogens with zero attached hydrogens (tertiary/aromatic N) is 1. The van der Waals surface area contributed by atoms with Crippen LogP contribution in [0.2, 0.25) is 0 Å². The summed E-state index contributed by atoms with van der Waals surface area (Å²) in [5, 5.41) is 6.71. The lowest BCUT2D eigenvalue weighted by atomic mass is 10.0. The zero-order chi connectivity index (χ0) is 18.8.